The van der Waals surface area contributed by atoms with Crippen molar-refractivity contribution < 1.29 is 13.2 Å². The number of nitrogens with one attached hydrogen (secondary N) is 1. The zero-order valence-corrected chi connectivity index (χ0v) is 22.1. The van der Waals surface area contributed by atoms with E-state index < -0.39 is 10.0 Å². The summed E-state index contributed by atoms with van der Waals surface area (Å²) >= 11 is 6.07. The van der Waals surface area contributed by atoms with Crippen molar-refractivity contribution in [1.82, 2.24) is 29.1 Å². The highest BCUT2D eigenvalue weighted by molar-refractivity contribution is 7.89. The average Bonchev–Trinajstić information content (AvgIpc) is 3.33. The van der Waals surface area contributed by atoms with Crippen LogP contribution >= 0.6 is 11.6 Å². The molecule has 4 heterocycles. The minimum absolute atomic E-state index is 0.0929. The fourth-order valence-electron chi connectivity index (χ4n) is 4.67. The molecule has 1 amide bonds. The highest BCUT2D eigenvalue weighted by atomic mass is 35.5. The van der Waals surface area contributed by atoms with Gasteiger partial charge in [-0.3, -0.25) is 9.78 Å². The molecule has 1 fully saturated rings. The molecular formula is C26H27ClN6O3S. The standard InChI is InChI=1S/C26H27ClN6O3S/c1-17(2)11-22-16-32(37(35,36)24-13-19-12-21(27)3-4-23(19)31-24)9-10-33(22)26(34)25-29-14-20(15-30-25)18-5-7-28-8-6-18/h3-8,12-15,17,22,31H,9-11,16H2,1-2H3. The van der Waals surface area contributed by atoms with Gasteiger partial charge in [0.25, 0.3) is 15.9 Å². The number of fused-ring (bicyclic) bond motifs is 1. The van der Waals surface area contributed by atoms with E-state index in [-0.39, 0.29) is 48.4 Å². The molecular weight excluding hydrogens is 512 g/mol. The first kappa shape index (κ1) is 25.3. The zero-order chi connectivity index (χ0) is 26.2. The summed E-state index contributed by atoms with van der Waals surface area (Å²) in [6.07, 6.45) is 7.26. The summed E-state index contributed by atoms with van der Waals surface area (Å²) in [4.78, 5) is 30.8. The molecule has 0 saturated carbocycles. The normalized spacial score (nSPS) is 17.0. The lowest BCUT2D eigenvalue weighted by Gasteiger charge is -2.41. The number of sulfonamides is 1. The van der Waals surface area contributed by atoms with Crippen LogP contribution in [0.3, 0.4) is 0 Å². The van der Waals surface area contributed by atoms with E-state index in [1.165, 1.54) is 4.31 Å². The number of benzene rings is 1. The number of nitrogens with zero attached hydrogens (tertiary/aromatic N) is 5. The maximum absolute atomic E-state index is 13.5. The maximum Gasteiger partial charge on any atom is 0.291 e. The lowest BCUT2D eigenvalue weighted by atomic mass is 10.0. The summed E-state index contributed by atoms with van der Waals surface area (Å²) in [7, 11) is -3.80. The van der Waals surface area contributed by atoms with Gasteiger partial charge in [-0.05, 0) is 54.3 Å². The molecule has 0 aliphatic carbocycles. The van der Waals surface area contributed by atoms with Crippen molar-refractivity contribution >= 4 is 38.4 Å². The second kappa shape index (κ2) is 10.2. The van der Waals surface area contributed by atoms with E-state index >= 15 is 0 Å². The number of H-pyrrole nitrogens is 1. The number of rotatable bonds is 6. The fraction of sp³-hybridized carbons (Fsp3) is 0.308. The van der Waals surface area contributed by atoms with E-state index in [2.05, 4.69) is 33.8 Å². The predicted octanol–water partition coefficient (Wildman–Crippen LogP) is 4.23. The van der Waals surface area contributed by atoms with Crippen molar-refractivity contribution in [3.8, 4) is 11.1 Å². The summed E-state index contributed by atoms with van der Waals surface area (Å²) in [5, 5.41) is 1.38. The van der Waals surface area contributed by atoms with Gasteiger partial charge in [0.15, 0.2) is 0 Å². The molecule has 11 heteroatoms. The van der Waals surface area contributed by atoms with Gasteiger partial charge in [0.1, 0.15) is 5.03 Å². The summed E-state index contributed by atoms with van der Waals surface area (Å²) in [6.45, 7) is 4.72. The van der Waals surface area contributed by atoms with Gasteiger partial charge >= 0.3 is 0 Å². The van der Waals surface area contributed by atoms with Crippen LogP contribution in [-0.4, -0.2) is 69.1 Å². The van der Waals surface area contributed by atoms with Gasteiger partial charge in [0.2, 0.25) is 5.82 Å². The number of aromatic amines is 1. The molecule has 0 spiro atoms. The van der Waals surface area contributed by atoms with E-state index in [1.807, 2.05) is 12.1 Å². The largest absolute Gasteiger partial charge is 0.345 e. The number of hydrogen-bond acceptors (Lipinski definition) is 6. The Balaban J connectivity index is 1.37. The Morgan fingerprint density at radius 3 is 2.51 bits per heavy atom. The Labute approximate surface area is 220 Å². The molecule has 1 aromatic carbocycles. The van der Waals surface area contributed by atoms with Crippen LogP contribution in [0.5, 0.6) is 0 Å². The van der Waals surface area contributed by atoms with Gasteiger partial charge in [-0.15, -0.1) is 0 Å². The monoisotopic (exact) mass is 538 g/mol. The van der Waals surface area contributed by atoms with Crippen LogP contribution in [0.15, 0.2) is 66.2 Å². The van der Waals surface area contributed by atoms with Crippen molar-refractivity contribution in [2.24, 2.45) is 5.92 Å². The summed E-state index contributed by atoms with van der Waals surface area (Å²) in [5.41, 5.74) is 2.39. The van der Waals surface area contributed by atoms with Crippen molar-refractivity contribution in [2.75, 3.05) is 19.6 Å². The number of carbonyl (C=O) groups excluding carboxylic acids is 1. The number of halogens is 1. The van der Waals surface area contributed by atoms with Crippen LogP contribution in [0.1, 0.15) is 30.9 Å². The quantitative estimate of drug-likeness (QED) is 0.393. The van der Waals surface area contributed by atoms with Gasteiger partial charge in [-0.2, -0.15) is 4.31 Å². The fourth-order valence-corrected chi connectivity index (χ4v) is 6.34. The third-order valence-electron chi connectivity index (χ3n) is 6.48. The number of piperazine rings is 1. The molecule has 5 rings (SSSR count). The third kappa shape index (κ3) is 5.22. The Bertz CT molecular complexity index is 1520. The second-order valence-electron chi connectivity index (χ2n) is 9.54. The minimum Gasteiger partial charge on any atom is -0.345 e. The van der Waals surface area contributed by atoms with Crippen LogP contribution in [0.4, 0.5) is 0 Å². The van der Waals surface area contributed by atoms with Crippen LogP contribution in [0.2, 0.25) is 5.02 Å². The molecule has 1 aliphatic rings. The predicted molar refractivity (Wildman–Crippen MR) is 142 cm³/mol. The lowest BCUT2D eigenvalue weighted by molar-refractivity contribution is 0.0518. The number of hydrogen-bond donors (Lipinski definition) is 1. The van der Waals surface area contributed by atoms with Crippen molar-refractivity contribution in [3.63, 3.8) is 0 Å². The maximum atomic E-state index is 13.5. The molecule has 37 heavy (non-hydrogen) atoms. The van der Waals surface area contributed by atoms with Gasteiger partial charge < -0.3 is 9.88 Å². The van der Waals surface area contributed by atoms with Crippen molar-refractivity contribution in [3.05, 3.63) is 72.0 Å². The number of aromatic nitrogens is 4. The van der Waals surface area contributed by atoms with E-state index in [1.54, 1.807) is 54.0 Å². The Kier molecular flexibility index (Phi) is 6.98. The van der Waals surface area contributed by atoms with Crippen LogP contribution in [0, 0.1) is 5.92 Å². The van der Waals surface area contributed by atoms with Crippen molar-refractivity contribution in [2.45, 2.75) is 31.3 Å². The highest BCUT2D eigenvalue weighted by Gasteiger charge is 2.38. The van der Waals surface area contributed by atoms with Crippen molar-refractivity contribution in [1.29, 1.82) is 0 Å². The van der Waals surface area contributed by atoms with Gasteiger partial charge in [-0.25, -0.2) is 18.4 Å². The van der Waals surface area contributed by atoms with E-state index in [9.17, 15) is 13.2 Å². The van der Waals surface area contributed by atoms with Crippen LogP contribution < -0.4 is 0 Å². The third-order valence-corrected chi connectivity index (χ3v) is 8.50. The molecule has 1 saturated heterocycles. The Morgan fingerprint density at radius 2 is 1.81 bits per heavy atom. The average molecular weight is 539 g/mol. The van der Waals surface area contributed by atoms with Crippen LogP contribution in [-0.2, 0) is 10.0 Å². The van der Waals surface area contributed by atoms with E-state index in [0.29, 0.717) is 17.0 Å². The number of carbonyl (C=O) groups is 1. The Hall–Kier alpha value is -3.34. The molecule has 9 nitrogen and oxygen atoms in total. The molecule has 1 unspecified atom stereocenters. The molecule has 1 N–H and O–H groups in total. The summed E-state index contributed by atoms with van der Waals surface area (Å²) in [6, 6.07) is 10.2. The highest BCUT2D eigenvalue weighted by Crippen LogP contribution is 2.27. The SMILES string of the molecule is CC(C)CC1CN(S(=O)(=O)c2cc3cc(Cl)ccc3[nH]2)CCN1C(=O)c1ncc(-c2ccncc2)cn1. The molecule has 192 valence electrons. The first-order valence-corrected chi connectivity index (χ1v) is 13.9. The van der Waals surface area contributed by atoms with Crippen LogP contribution in [0.25, 0.3) is 22.0 Å². The van der Waals surface area contributed by atoms with E-state index in [4.69, 9.17) is 11.6 Å². The molecule has 0 radical (unpaired) electrons. The topological polar surface area (TPSA) is 112 Å². The number of amides is 1. The van der Waals surface area contributed by atoms with Gasteiger partial charge in [0, 0.05) is 72.0 Å². The second-order valence-corrected chi connectivity index (χ2v) is 11.9. The Morgan fingerprint density at radius 1 is 1.08 bits per heavy atom. The summed E-state index contributed by atoms with van der Waals surface area (Å²) in [5.74, 6) is 0.0488. The molecule has 1 atom stereocenters. The molecule has 4 aromatic rings. The first-order valence-electron chi connectivity index (χ1n) is 12.0. The molecule has 0 bridgehead atoms. The molecule has 3 aromatic heterocycles. The van der Waals surface area contributed by atoms with E-state index in [0.717, 1.165) is 16.5 Å². The zero-order valence-electron chi connectivity index (χ0n) is 20.5. The molecule has 1 aliphatic heterocycles. The minimum atomic E-state index is -3.80. The van der Waals surface area contributed by atoms with Gasteiger partial charge in [0.05, 0.1) is 0 Å². The number of pyridine rings is 1. The summed E-state index contributed by atoms with van der Waals surface area (Å²) < 4.78 is 28.5. The smallest absolute Gasteiger partial charge is 0.291 e. The van der Waals surface area contributed by atoms with Gasteiger partial charge in [-0.1, -0.05) is 25.4 Å². The lowest BCUT2D eigenvalue weighted by Crippen LogP contribution is -2.57. The first-order chi connectivity index (χ1) is 17.7.